The zero-order chi connectivity index (χ0) is 29.5. The average molecular weight is 592 g/mol. The molecular weight excluding hydrogens is 567 g/mol. The minimum absolute atomic E-state index is 0.899. The molecule has 10 aromatic rings. The number of aromatic nitrogens is 1. The van der Waals surface area contributed by atoms with Gasteiger partial charge in [0, 0.05) is 36.3 Å². The number of nitrogens with zero attached hydrogens (tertiary/aromatic N) is 1. The van der Waals surface area contributed by atoms with Gasteiger partial charge in [-0.3, -0.25) is 0 Å². The topological polar surface area (TPSA) is 18.1 Å². The lowest BCUT2D eigenvalue weighted by atomic mass is 10.0. The summed E-state index contributed by atoms with van der Waals surface area (Å²) in [6.07, 6.45) is 0. The summed E-state index contributed by atoms with van der Waals surface area (Å²) in [4.78, 5) is 0. The largest absolute Gasteiger partial charge is 0.456 e. The molecule has 0 bridgehead atoms. The quantitative estimate of drug-likeness (QED) is 0.200. The van der Waals surface area contributed by atoms with Crippen molar-refractivity contribution in [2.24, 2.45) is 0 Å². The van der Waals surface area contributed by atoms with Gasteiger partial charge in [0.05, 0.1) is 22.1 Å². The molecule has 0 saturated heterocycles. The van der Waals surface area contributed by atoms with Gasteiger partial charge < -0.3 is 8.98 Å². The molecule has 0 saturated carbocycles. The van der Waals surface area contributed by atoms with Crippen molar-refractivity contribution >= 4 is 75.3 Å². The Morgan fingerprint density at radius 1 is 0.400 bits per heavy atom. The predicted octanol–water partition coefficient (Wildman–Crippen LogP) is 12.4. The fraction of sp³-hybridized carbons (Fsp3) is 0. The first-order valence-electron chi connectivity index (χ1n) is 15.3. The van der Waals surface area contributed by atoms with Crippen LogP contribution in [0, 0.1) is 0 Å². The van der Waals surface area contributed by atoms with Crippen molar-refractivity contribution in [2.45, 2.75) is 0 Å². The number of thiophene rings is 1. The van der Waals surface area contributed by atoms with Gasteiger partial charge in [0.2, 0.25) is 0 Å². The lowest BCUT2D eigenvalue weighted by molar-refractivity contribution is 0.669. The van der Waals surface area contributed by atoms with Crippen LogP contribution in [0.25, 0.3) is 91.9 Å². The summed E-state index contributed by atoms with van der Waals surface area (Å²) >= 11 is 1.87. The van der Waals surface area contributed by atoms with Gasteiger partial charge in [0.15, 0.2) is 0 Å². The van der Waals surface area contributed by atoms with Crippen molar-refractivity contribution in [3.8, 4) is 27.9 Å². The molecule has 0 radical (unpaired) electrons. The summed E-state index contributed by atoms with van der Waals surface area (Å²) in [6, 6.07) is 54.8. The lowest BCUT2D eigenvalue weighted by Crippen LogP contribution is -1.95. The van der Waals surface area contributed by atoms with E-state index in [9.17, 15) is 0 Å². The Morgan fingerprint density at radius 3 is 2.00 bits per heavy atom. The number of fused-ring (bicyclic) bond motifs is 9. The summed E-state index contributed by atoms with van der Waals surface area (Å²) in [5.41, 5.74) is 10.2. The van der Waals surface area contributed by atoms with Gasteiger partial charge in [0.25, 0.3) is 0 Å². The average Bonchev–Trinajstić information content (AvgIpc) is 3.77. The molecule has 0 amide bonds. The van der Waals surface area contributed by atoms with Crippen LogP contribution in [0.15, 0.2) is 156 Å². The smallest absolute Gasteiger partial charge is 0.137 e. The molecular formula is C42H25NOS. The van der Waals surface area contributed by atoms with E-state index in [1.165, 1.54) is 64.2 Å². The van der Waals surface area contributed by atoms with Crippen LogP contribution in [0.5, 0.6) is 0 Å². The van der Waals surface area contributed by atoms with Crippen molar-refractivity contribution in [2.75, 3.05) is 0 Å². The third-order valence-electron chi connectivity index (χ3n) is 9.21. The highest BCUT2D eigenvalue weighted by molar-refractivity contribution is 7.25. The number of hydrogen-bond donors (Lipinski definition) is 0. The Balaban J connectivity index is 1.26. The number of rotatable bonds is 3. The van der Waals surface area contributed by atoms with Crippen LogP contribution in [0.3, 0.4) is 0 Å². The molecule has 3 heteroatoms. The van der Waals surface area contributed by atoms with E-state index in [0.717, 1.165) is 27.6 Å². The molecule has 0 aliphatic heterocycles. The van der Waals surface area contributed by atoms with Gasteiger partial charge in [0.1, 0.15) is 11.2 Å². The van der Waals surface area contributed by atoms with Crippen LogP contribution < -0.4 is 0 Å². The first-order chi connectivity index (χ1) is 22.3. The van der Waals surface area contributed by atoms with E-state index in [4.69, 9.17) is 4.42 Å². The molecule has 10 rings (SSSR count). The second kappa shape index (κ2) is 9.43. The molecule has 210 valence electrons. The molecule has 0 fully saturated rings. The molecule has 0 aliphatic carbocycles. The minimum Gasteiger partial charge on any atom is -0.456 e. The number of para-hydroxylation sites is 1. The van der Waals surface area contributed by atoms with Gasteiger partial charge in [-0.2, -0.15) is 0 Å². The van der Waals surface area contributed by atoms with Gasteiger partial charge in [-0.15, -0.1) is 11.3 Å². The third-order valence-corrected chi connectivity index (χ3v) is 10.3. The third kappa shape index (κ3) is 3.68. The standard InChI is InChI=1S/C42H25NOS/c1-2-9-26(10-3-1)28-17-20-30-34-23-27(29-18-21-32-31-11-5-7-16-40(31)45-41(32)25-29)19-22-35(34)43(37(30)24-28)36-13-8-15-39-42(36)33-12-4-6-14-38(33)44-39/h1-25H. The Hall–Kier alpha value is -5.64. The van der Waals surface area contributed by atoms with E-state index >= 15 is 0 Å². The van der Waals surface area contributed by atoms with Gasteiger partial charge in [-0.05, 0) is 70.8 Å². The second-order valence-electron chi connectivity index (χ2n) is 11.7. The van der Waals surface area contributed by atoms with E-state index in [-0.39, 0.29) is 0 Å². The molecule has 7 aromatic carbocycles. The maximum absolute atomic E-state index is 6.33. The fourth-order valence-electron chi connectivity index (χ4n) is 7.12. The molecule has 3 aromatic heterocycles. The van der Waals surface area contributed by atoms with Crippen LogP contribution in [-0.2, 0) is 0 Å². The molecule has 3 heterocycles. The SMILES string of the molecule is c1ccc(-c2ccc3c4cc(-c5ccc6c(c5)sc5ccccc56)ccc4n(-c4cccc5oc6ccccc6c45)c3c2)cc1. The monoisotopic (exact) mass is 591 g/mol. The Bertz CT molecular complexity index is 2760. The molecule has 45 heavy (non-hydrogen) atoms. The van der Waals surface area contributed by atoms with Crippen molar-refractivity contribution in [1.82, 2.24) is 4.57 Å². The van der Waals surface area contributed by atoms with Crippen LogP contribution in [0.2, 0.25) is 0 Å². The number of benzene rings is 7. The Morgan fingerprint density at radius 2 is 1.09 bits per heavy atom. The van der Waals surface area contributed by atoms with Crippen LogP contribution in [0.1, 0.15) is 0 Å². The van der Waals surface area contributed by atoms with Gasteiger partial charge in [-0.1, -0.05) is 103 Å². The van der Waals surface area contributed by atoms with E-state index in [1.54, 1.807) is 0 Å². The maximum Gasteiger partial charge on any atom is 0.137 e. The highest BCUT2D eigenvalue weighted by atomic mass is 32.1. The maximum atomic E-state index is 6.33. The number of hydrogen-bond acceptors (Lipinski definition) is 2. The van der Waals surface area contributed by atoms with Gasteiger partial charge >= 0.3 is 0 Å². The van der Waals surface area contributed by atoms with Gasteiger partial charge in [-0.25, -0.2) is 0 Å². The molecule has 0 spiro atoms. The molecule has 0 N–H and O–H groups in total. The second-order valence-corrected chi connectivity index (χ2v) is 12.8. The van der Waals surface area contributed by atoms with E-state index in [1.807, 2.05) is 17.4 Å². The Kier molecular flexibility index (Phi) is 5.19. The normalized spacial score (nSPS) is 12.0. The molecule has 0 atom stereocenters. The summed E-state index contributed by atoms with van der Waals surface area (Å²) in [6.45, 7) is 0. The van der Waals surface area contributed by atoms with E-state index in [0.29, 0.717) is 0 Å². The van der Waals surface area contributed by atoms with Crippen molar-refractivity contribution in [3.63, 3.8) is 0 Å². The fourth-order valence-corrected chi connectivity index (χ4v) is 8.26. The summed E-state index contributed by atoms with van der Waals surface area (Å²) in [5.74, 6) is 0. The predicted molar refractivity (Wildman–Crippen MR) is 192 cm³/mol. The van der Waals surface area contributed by atoms with Crippen LogP contribution in [-0.4, -0.2) is 4.57 Å². The van der Waals surface area contributed by atoms with E-state index < -0.39 is 0 Å². The molecule has 0 aliphatic rings. The highest BCUT2D eigenvalue weighted by Crippen LogP contribution is 2.42. The minimum atomic E-state index is 0.899. The lowest BCUT2D eigenvalue weighted by Gasteiger charge is -2.11. The highest BCUT2D eigenvalue weighted by Gasteiger charge is 2.19. The van der Waals surface area contributed by atoms with Crippen molar-refractivity contribution < 1.29 is 4.42 Å². The first-order valence-corrected chi connectivity index (χ1v) is 16.1. The van der Waals surface area contributed by atoms with Crippen molar-refractivity contribution in [1.29, 1.82) is 0 Å². The first kappa shape index (κ1) is 24.8. The summed E-state index contributed by atoms with van der Waals surface area (Å²) in [7, 11) is 0. The summed E-state index contributed by atoms with van der Waals surface area (Å²) in [5, 5.41) is 7.40. The molecule has 0 unspecified atom stereocenters. The van der Waals surface area contributed by atoms with Crippen LogP contribution >= 0.6 is 11.3 Å². The van der Waals surface area contributed by atoms with Crippen molar-refractivity contribution in [3.05, 3.63) is 152 Å². The molecule has 2 nitrogen and oxygen atoms in total. The van der Waals surface area contributed by atoms with E-state index in [2.05, 4.69) is 150 Å². The zero-order valence-corrected chi connectivity index (χ0v) is 25.0. The van der Waals surface area contributed by atoms with Crippen LogP contribution in [0.4, 0.5) is 0 Å². The Labute approximate surface area is 263 Å². The summed E-state index contributed by atoms with van der Waals surface area (Å²) < 4.78 is 11.4. The number of furan rings is 1. The zero-order valence-electron chi connectivity index (χ0n) is 24.2.